The SMILES string of the molecule is CC(C)(CNC(=O)Nc1c(F)c(F)cc(F)c1F)C(=O)O. The summed E-state index contributed by atoms with van der Waals surface area (Å²) < 4.78 is 52.4. The van der Waals surface area contributed by atoms with Crippen molar-refractivity contribution in [1.82, 2.24) is 5.32 Å². The number of anilines is 1. The molecular formula is C12H12F4N2O3. The van der Waals surface area contributed by atoms with Crippen molar-refractivity contribution < 1.29 is 32.3 Å². The fraction of sp³-hybridized carbons (Fsp3) is 0.333. The summed E-state index contributed by atoms with van der Waals surface area (Å²) in [6.07, 6.45) is 0. The Bertz CT molecular complexity index is 564. The van der Waals surface area contributed by atoms with E-state index in [-0.39, 0.29) is 12.6 Å². The summed E-state index contributed by atoms with van der Waals surface area (Å²) in [6.45, 7) is 2.24. The van der Waals surface area contributed by atoms with Gasteiger partial charge in [-0.2, -0.15) is 0 Å². The molecule has 0 radical (unpaired) electrons. The van der Waals surface area contributed by atoms with E-state index in [1.165, 1.54) is 13.8 Å². The predicted octanol–water partition coefficient (Wildman–Crippen LogP) is 2.48. The first kappa shape index (κ1) is 16.7. The van der Waals surface area contributed by atoms with Crippen LogP contribution < -0.4 is 10.6 Å². The van der Waals surface area contributed by atoms with Crippen LogP contribution in [0.1, 0.15) is 13.8 Å². The van der Waals surface area contributed by atoms with Crippen molar-refractivity contribution in [2.24, 2.45) is 5.41 Å². The summed E-state index contributed by atoms with van der Waals surface area (Å²) in [6, 6.07) is -1.20. The monoisotopic (exact) mass is 308 g/mol. The largest absolute Gasteiger partial charge is 0.481 e. The molecule has 0 heterocycles. The van der Waals surface area contributed by atoms with Crippen molar-refractivity contribution in [3.63, 3.8) is 0 Å². The zero-order chi connectivity index (χ0) is 16.4. The quantitative estimate of drug-likeness (QED) is 0.590. The molecule has 5 nitrogen and oxygen atoms in total. The molecule has 0 atom stereocenters. The predicted molar refractivity (Wildman–Crippen MR) is 64.7 cm³/mol. The highest BCUT2D eigenvalue weighted by molar-refractivity contribution is 5.90. The Hall–Kier alpha value is -2.32. The average Bonchev–Trinajstić information content (AvgIpc) is 2.39. The minimum absolute atomic E-state index is 0.00128. The van der Waals surface area contributed by atoms with E-state index in [4.69, 9.17) is 5.11 Å². The van der Waals surface area contributed by atoms with E-state index in [1.54, 1.807) is 5.32 Å². The number of rotatable bonds is 4. The van der Waals surface area contributed by atoms with Gasteiger partial charge in [0, 0.05) is 12.6 Å². The first-order valence-electron chi connectivity index (χ1n) is 5.67. The molecule has 0 aliphatic heterocycles. The van der Waals surface area contributed by atoms with Crippen LogP contribution in [0.3, 0.4) is 0 Å². The van der Waals surface area contributed by atoms with E-state index in [0.717, 1.165) is 0 Å². The molecule has 116 valence electrons. The Balaban J connectivity index is 2.84. The fourth-order valence-electron chi connectivity index (χ4n) is 1.22. The van der Waals surface area contributed by atoms with E-state index in [9.17, 15) is 27.2 Å². The second-order valence-corrected chi connectivity index (χ2v) is 4.84. The molecule has 1 aromatic rings. The van der Waals surface area contributed by atoms with E-state index in [2.05, 4.69) is 0 Å². The molecule has 3 N–H and O–H groups in total. The average molecular weight is 308 g/mol. The highest BCUT2D eigenvalue weighted by Gasteiger charge is 2.28. The highest BCUT2D eigenvalue weighted by Crippen LogP contribution is 2.24. The summed E-state index contributed by atoms with van der Waals surface area (Å²) in [5.41, 5.74) is -2.63. The topological polar surface area (TPSA) is 78.4 Å². The molecular weight excluding hydrogens is 296 g/mol. The Morgan fingerprint density at radius 1 is 1.14 bits per heavy atom. The summed E-state index contributed by atoms with van der Waals surface area (Å²) in [5, 5.41) is 12.4. The van der Waals surface area contributed by atoms with Gasteiger partial charge in [-0.05, 0) is 13.8 Å². The number of carbonyl (C=O) groups is 2. The van der Waals surface area contributed by atoms with Gasteiger partial charge in [0.15, 0.2) is 23.3 Å². The lowest BCUT2D eigenvalue weighted by molar-refractivity contribution is -0.146. The number of benzene rings is 1. The van der Waals surface area contributed by atoms with Crippen LogP contribution in [0.25, 0.3) is 0 Å². The molecule has 0 aromatic heterocycles. The molecule has 2 amide bonds. The molecule has 0 saturated carbocycles. The number of nitrogens with one attached hydrogen (secondary N) is 2. The van der Waals surface area contributed by atoms with Crippen LogP contribution >= 0.6 is 0 Å². The van der Waals surface area contributed by atoms with Crippen molar-refractivity contribution in [2.75, 3.05) is 11.9 Å². The minimum Gasteiger partial charge on any atom is -0.481 e. The Morgan fingerprint density at radius 3 is 2.05 bits per heavy atom. The van der Waals surface area contributed by atoms with Crippen LogP contribution in [-0.4, -0.2) is 23.7 Å². The van der Waals surface area contributed by atoms with E-state index >= 15 is 0 Å². The third-order valence-corrected chi connectivity index (χ3v) is 2.62. The first-order chi connectivity index (χ1) is 9.56. The maximum Gasteiger partial charge on any atom is 0.319 e. The van der Waals surface area contributed by atoms with Gasteiger partial charge in [-0.25, -0.2) is 22.4 Å². The van der Waals surface area contributed by atoms with E-state index in [1.807, 2.05) is 5.32 Å². The van der Waals surface area contributed by atoms with Gasteiger partial charge in [0.1, 0.15) is 5.69 Å². The summed E-state index contributed by atoms with van der Waals surface area (Å²) >= 11 is 0. The third kappa shape index (κ3) is 3.83. The summed E-state index contributed by atoms with van der Waals surface area (Å²) in [5.74, 6) is -8.08. The van der Waals surface area contributed by atoms with E-state index < -0.39 is 46.4 Å². The standard InChI is InChI=1S/C12H12F4N2O3/c1-12(2,10(19)20)4-17-11(21)18-9-7(15)5(13)3-6(14)8(9)16/h3H,4H2,1-2H3,(H,19,20)(H2,17,18,21). The van der Waals surface area contributed by atoms with Gasteiger partial charge in [-0.3, -0.25) is 4.79 Å². The maximum absolute atomic E-state index is 13.3. The van der Waals surface area contributed by atoms with Gasteiger partial charge >= 0.3 is 12.0 Å². The second-order valence-electron chi connectivity index (χ2n) is 4.84. The van der Waals surface area contributed by atoms with Crippen LogP contribution in [0.5, 0.6) is 0 Å². The number of hydrogen-bond donors (Lipinski definition) is 3. The Morgan fingerprint density at radius 2 is 1.62 bits per heavy atom. The lowest BCUT2D eigenvalue weighted by atomic mass is 9.94. The summed E-state index contributed by atoms with van der Waals surface area (Å²) in [7, 11) is 0. The number of aliphatic carboxylic acids is 1. The van der Waals surface area contributed by atoms with Gasteiger partial charge in [-0.15, -0.1) is 0 Å². The lowest BCUT2D eigenvalue weighted by Gasteiger charge is -2.19. The molecule has 1 aromatic carbocycles. The van der Waals surface area contributed by atoms with Crippen molar-refractivity contribution in [2.45, 2.75) is 13.8 Å². The first-order valence-corrected chi connectivity index (χ1v) is 5.67. The van der Waals surface area contributed by atoms with Gasteiger partial charge in [0.2, 0.25) is 0 Å². The maximum atomic E-state index is 13.3. The minimum atomic E-state index is -1.76. The number of carboxylic acid groups (broad SMARTS) is 1. The van der Waals surface area contributed by atoms with Crippen molar-refractivity contribution in [3.8, 4) is 0 Å². The normalized spacial score (nSPS) is 11.1. The van der Waals surface area contributed by atoms with Crippen LogP contribution in [0, 0.1) is 28.7 Å². The molecule has 21 heavy (non-hydrogen) atoms. The van der Waals surface area contributed by atoms with Crippen LogP contribution in [0.4, 0.5) is 28.0 Å². The zero-order valence-corrected chi connectivity index (χ0v) is 11.1. The molecule has 1 rings (SSSR count). The molecule has 0 spiro atoms. The molecule has 9 heteroatoms. The number of carboxylic acids is 1. The molecule has 0 unspecified atom stereocenters. The Labute approximate surface area is 117 Å². The third-order valence-electron chi connectivity index (χ3n) is 2.62. The molecule has 0 aliphatic rings. The highest BCUT2D eigenvalue weighted by atomic mass is 19.2. The Kier molecular flexibility index (Phi) is 4.77. The molecule has 0 aliphatic carbocycles. The number of urea groups is 1. The van der Waals surface area contributed by atoms with Gasteiger partial charge in [0.05, 0.1) is 5.41 Å². The van der Waals surface area contributed by atoms with E-state index in [0.29, 0.717) is 0 Å². The molecule has 0 fully saturated rings. The van der Waals surface area contributed by atoms with Crippen LogP contribution in [0.15, 0.2) is 6.07 Å². The van der Waals surface area contributed by atoms with Crippen molar-refractivity contribution in [3.05, 3.63) is 29.3 Å². The van der Waals surface area contributed by atoms with Crippen molar-refractivity contribution in [1.29, 1.82) is 0 Å². The number of halogens is 4. The van der Waals surface area contributed by atoms with Crippen LogP contribution in [-0.2, 0) is 4.79 Å². The summed E-state index contributed by atoms with van der Waals surface area (Å²) in [4.78, 5) is 22.2. The van der Waals surface area contributed by atoms with Gasteiger partial charge in [0.25, 0.3) is 0 Å². The number of hydrogen-bond acceptors (Lipinski definition) is 2. The van der Waals surface area contributed by atoms with Gasteiger partial charge < -0.3 is 15.7 Å². The zero-order valence-electron chi connectivity index (χ0n) is 11.1. The fourth-order valence-corrected chi connectivity index (χ4v) is 1.22. The second kappa shape index (κ2) is 5.98. The number of amides is 2. The lowest BCUT2D eigenvalue weighted by Crippen LogP contribution is -2.41. The van der Waals surface area contributed by atoms with Gasteiger partial charge in [-0.1, -0.05) is 0 Å². The number of carbonyl (C=O) groups excluding carboxylic acids is 1. The molecule has 0 bridgehead atoms. The molecule has 0 saturated heterocycles. The van der Waals surface area contributed by atoms with Crippen LogP contribution in [0.2, 0.25) is 0 Å². The van der Waals surface area contributed by atoms with Crippen molar-refractivity contribution >= 4 is 17.7 Å². The smallest absolute Gasteiger partial charge is 0.319 e.